The topological polar surface area (TPSA) is 106 Å². The molecule has 0 saturated carbocycles. The Hall–Kier alpha value is -2.56. The van der Waals surface area contributed by atoms with Gasteiger partial charge in [-0.25, -0.2) is 8.78 Å². The number of aliphatic carboxylic acids is 1. The number of hydrogen-bond donors (Lipinski definition) is 3. The highest BCUT2D eigenvalue weighted by molar-refractivity contribution is 5.79. The van der Waals surface area contributed by atoms with Crippen molar-refractivity contribution < 1.29 is 37.7 Å². The highest BCUT2D eigenvalue weighted by Crippen LogP contribution is 2.36. The Morgan fingerprint density at radius 2 is 2.18 bits per heavy atom. The molecule has 0 radical (unpaired) electrons. The van der Waals surface area contributed by atoms with Gasteiger partial charge in [0.2, 0.25) is 5.91 Å². The first-order valence-electron chi connectivity index (χ1n) is 11.1. The van der Waals surface area contributed by atoms with Crippen molar-refractivity contribution in [1.29, 1.82) is 0 Å². The van der Waals surface area contributed by atoms with Crippen molar-refractivity contribution in [2.24, 2.45) is 0 Å². The molecule has 8 nitrogen and oxygen atoms in total. The minimum absolute atomic E-state index is 0.0568. The molecule has 0 bridgehead atoms. The Labute approximate surface area is 190 Å². The van der Waals surface area contributed by atoms with Crippen molar-refractivity contribution in [3.63, 3.8) is 0 Å². The largest absolute Gasteiger partial charge is 0.489 e. The fourth-order valence-corrected chi connectivity index (χ4v) is 4.68. The van der Waals surface area contributed by atoms with Crippen molar-refractivity contribution in [2.45, 2.75) is 49.8 Å². The molecule has 2 saturated heterocycles. The van der Waals surface area contributed by atoms with Gasteiger partial charge < -0.3 is 30.0 Å². The number of allylic oxidation sites excluding steroid dienone is 1. The molecule has 3 atom stereocenters. The van der Waals surface area contributed by atoms with Crippen LogP contribution in [0.5, 0.6) is 5.75 Å². The molecule has 3 aliphatic rings. The molecule has 1 amide bonds. The summed E-state index contributed by atoms with van der Waals surface area (Å²) in [5, 5.41) is 15.2. The maximum Gasteiger partial charge on any atom is 0.306 e. The van der Waals surface area contributed by atoms with Gasteiger partial charge in [0.05, 0.1) is 43.9 Å². The number of halogens is 2. The molecule has 2 aliphatic heterocycles. The number of carbonyl (C=O) groups excluding carboxylic acids is 1. The van der Waals surface area contributed by atoms with Gasteiger partial charge in [-0.05, 0) is 43.9 Å². The van der Waals surface area contributed by atoms with E-state index in [-0.39, 0.29) is 43.4 Å². The highest BCUT2D eigenvalue weighted by atomic mass is 19.1. The van der Waals surface area contributed by atoms with E-state index in [9.17, 15) is 18.4 Å². The van der Waals surface area contributed by atoms with Gasteiger partial charge >= 0.3 is 5.97 Å². The zero-order valence-corrected chi connectivity index (χ0v) is 18.2. The minimum atomic E-state index is -1.06. The van der Waals surface area contributed by atoms with Crippen molar-refractivity contribution in [3.05, 3.63) is 35.4 Å². The third kappa shape index (κ3) is 5.51. The van der Waals surface area contributed by atoms with Crippen LogP contribution in [0.2, 0.25) is 0 Å². The molecule has 1 aromatic carbocycles. The minimum Gasteiger partial charge on any atom is -0.489 e. The van der Waals surface area contributed by atoms with E-state index >= 15 is 0 Å². The number of hydrogen-bond acceptors (Lipinski definition) is 6. The van der Waals surface area contributed by atoms with Crippen LogP contribution in [0.15, 0.2) is 18.2 Å². The van der Waals surface area contributed by atoms with Crippen LogP contribution in [0.3, 0.4) is 0 Å². The van der Waals surface area contributed by atoms with Crippen molar-refractivity contribution >= 4 is 17.4 Å². The van der Waals surface area contributed by atoms with E-state index in [1.54, 1.807) is 0 Å². The van der Waals surface area contributed by atoms with Crippen LogP contribution in [0.1, 0.15) is 37.7 Å². The Bertz CT molecular complexity index is 940. The van der Waals surface area contributed by atoms with Crippen LogP contribution in [-0.2, 0) is 19.1 Å². The van der Waals surface area contributed by atoms with E-state index in [1.807, 2.05) is 6.08 Å². The quantitative estimate of drug-likeness (QED) is 0.538. The van der Waals surface area contributed by atoms with Crippen LogP contribution in [0.4, 0.5) is 8.78 Å². The molecule has 1 spiro atoms. The summed E-state index contributed by atoms with van der Waals surface area (Å²) in [6, 6.07) is 1.88. The summed E-state index contributed by atoms with van der Waals surface area (Å²) < 4.78 is 45.2. The maximum absolute atomic E-state index is 14.4. The number of carboxylic acid groups (broad SMARTS) is 1. The SMILES string of the molecule is O=C(O)CCOc1c(F)cc(F)cc1C1=CCC(OC[C@@H]2NCC[C@@]23COCC(=O)N3)CC1. The fraction of sp³-hybridized carbons (Fsp3) is 0.565. The average molecular weight is 466 g/mol. The van der Waals surface area contributed by atoms with Crippen molar-refractivity contribution in [2.75, 3.05) is 33.0 Å². The van der Waals surface area contributed by atoms with Crippen molar-refractivity contribution in [1.82, 2.24) is 10.6 Å². The number of benzene rings is 1. The molecule has 3 N–H and O–H groups in total. The van der Waals surface area contributed by atoms with Crippen LogP contribution in [0.25, 0.3) is 5.57 Å². The van der Waals surface area contributed by atoms with Crippen LogP contribution in [0, 0.1) is 11.6 Å². The fourth-order valence-electron chi connectivity index (χ4n) is 4.68. The maximum atomic E-state index is 14.4. The van der Waals surface area contributed by atoms with E-state index in [4.69, 9.17) is 19.3 Å². The first kappa shape index (κ1) is 23.6. The van der Waals surface area contributed by atoms with E-state index in [1.165, 1.54) is 6.07 Å². The van der Waals surface area contributed by atoms with Gasteiger partial charge in [0.1, 0.15) is 12.4 Å². The summed E-state index contributed by atoms with van der Waals surface area (Å²) in [4.78, 5) is 22.5. The lowest BCUT2D eigenvalue weighted by Crippen LogP contribution is -2.64. The number of carbonyl (C=O) groups is 2. The molecular formula is C23H28F2N2O6. The number of rotatable bonds is 8. The normalized spacial score (nSPS) is 27.3. The third-order valence-corrected chi connectivity index (χ3v) is 6.39. The van der Waals surface area contributed by atoms with E-state index in [0.717, 1.165) is 24.6 Å². The zero-order chi connectivity index (χ0) is 23.4. The standard InChI is InChI=1S/C23H28F2N2O6/c24-15-9-17(22(18(25)10-15)32-8-5-21(29)30)14-1-3-16(4-2-14)33-11-19-23(6-7-26-19)13-31-12-20(28)27-23/h1,9-10,16,19,26H,2-8,11-13H2,(H,27,28)(H,29,30)/t16?,19-,23+/m0/s1. The molecule has 2 heterocycles. The molecule has 1 aromatic rings. The number of carboxylic acids is 1. The molecule has 33 heavy (non-hydrogen) atoms. The third-order valence-electron chi connectivity index (χ3n) is 6.39. The number of ether oxygens (including phenoxy) is 3. The number of amides is 1. The predicted molar refractivity (Wildman–Crippen MR) is 114 cm³/mol. The van der Waals surface area contributed by atoms with Gasteiger partial charge in [0.25, 0.3) is 0 Å². The van der Waals surface area contributed by atoms with Gasteiger partial charge in [-0.3, -0.25) is 9.59 Å². The average Bonchev–Trinajstić information content (AvgIpc) is 3.14. The molecule has 1 aliphatic carbocycles. The smallest absolute Gasteiger partial charge is 0.306 e. The summed E-state index contributed by atoms with van der Waals surface area (Å²) in [5.74, 6) is -2.89. The lowest BCUT2D eigenvalue weighted by atomic mass is 9.89. The number of nitrogens with one attached hydrogen (secondary N) is 2. The summed E-state index contributed by atoms with van der Waals surface area (Å²) >= 11 is 0. The van der Waals surface area contributed by atoms with Gasteiger partial charge in [-0.15, -0.1) is 0 Å². The van der Waals surface area contributed by atoms with E-state index < -0.39 is 23.1 Å². The van der Waals surface area contributed by atoms with Crippen molar-refractivity contribution in [3.8, 4) is 5.75 Å². The summed E-state index contributed by atoms with van der Waals surface area (Å²) in [6.07, 6.45) is 4.06. The molecular weight excluding hydrogens is 438 g/mol. The van der Waals surface area contributed by atoms with Gasteiger partial charge in [-0.2, -0.15) is 0 Å². The zero-order valence-electron chi connectivity index (χ0n) is 18.2. The second-order valence-electron chi connectivity index (χ2n) is 8.67. The van der Waals surface area contributed by atoms with E-state index in [2.05, 4.69) is 10.6 Å². The highest BCUT2D eigenvalue weighted by Gasteiger charge is 2.46. The van der Waals surface area contributed by atoms with Crippen LogP contribution < -0.4 is 15.4 Å². The van der Waals surface area contributed by atoms with Gasteiger partial charge in [-0.1, -0.05) is 6.08 Å². The summed E-state index contributed by atoms with van der Waals surface area (Å²) in [5.41, 5.74) is 0.587. The van der Waals surface area contributed by atoms with E-state index in [0.29, 0.717) is 38.0 Å². The first-order chi connectivity index (χ1) is 15.9. The Balaban J connectivity index is 1.38. The predicted octanol–water partition coefficient (Wildman–Crippen LogP) is 2.02. The molecule has 10 heteroatoms. The van der Waals surface area contributed by atoms with Gasteiger partial charge in [0, 0.05) is 11.6 Å². The first-order valence-corrected chi connectivity index (χ1v) is 11.1. The number of morpholine rings is 1. The second kappa shape index (κ2) is 10.1. The molecule has 4 rings (SSSR count). The Morgan fingerprint density at radius 1 is 1.33 bits per heavy atom. The summed E-state index contributed by atoms with van der Waals surface area (Å²) in [6.45, 7) is 1.50. The second-order valence-corrected chi connectivity index (χ2v) is 8.67. The summed E-state index contributed by atoms with van der Waals surface area (Å²) in [7, 11) is 0. The molecule has 0 aromatic heterocycles. The lowest BCUT2D eigenvalue weighted by Gasteiger charge is -2.39. The lowest BCUT2D eigenvalue weighted by molar-refractivity contribution is -0.138. The van der Waals surface area contributed by atoms with Crippen LogP contribution in [-0.4, -0.2) is 67.6 Å². The monoisotopic (exact) mass is 466 g/mol. The Kier molecular flexibility index (Phi) is 7.26. The molecule has 1 unspecified atom stereocenters. The van der Waals surface area contributed by atoms with Crippen LogP contribution >= 0.6 is 0 Å². The molecule has 2 fully saturated rings. The molecule has 180 valence electrons. The Morgan fingerprint density at radius 3 is 2.91 bits per heavy atom. The van der Waals surface area contributed by atoms with Gasteiger partial charge in [0.15, 0.2) is 11.6 Å².